The number of thioether (sulfide) groups is 1. The summed E-state index contributed by atoms with van der Waals surface area (Å²) in [5.74, 6) is 0.255. The fraction of sp³-hybridized carbons (Fsp3) is 0.900. The van der Waals surface area contributed by atoms with Crippen LogP contribution < -0.4 is 0 Å². The summed E-state index contributed by atoms with van der Waals surface area (Å²) in [7, 11) is 0. The third kappa shape index (κ3) is 5.16. The fourth-order valence-corrected chi connectivity index (χ4v) is 2.40. The Labute approximate surface area is 99.8 Å². The third-order valence-electron chi connectivity index (χ3n) is 1.94. The molecule has 0 aromatic heterocycles. The number of carbonyl (C=O) groups is 1. The SMILES string of the molecule is CC(C)(C)OC(=O)CN1CCSC(O)(O)C1. The number of β-amino-alcohol motifs (C(OH)–C–C–N with tert-alkyl or cyclic N) is 2. The largest absolute Gasteiger partial charge is 0.459 e. The number of ether oxygens (including phenoxy) is 1. The lowest BCUT2D eigenvalue weighted by Crippen LogP contribution is -2.48. The molecule has 0 unspecified atom stereocenters. The molecule has 0 atom stereocenters. The average molecular weight is 249 g/mol. The van der Waals surface area contributed by atoms with Gasteiger partial charge in [-0.2, -0.15) is 0 Å². The van der Waals surface area contributed by atoms with Crippen molar-refractivity contribution in [2.45, 2.75) is 31.5 Å². The Bertz CT molecular complexity index is 262. The maximum atomic E-state index is 11.5. The minimum Gasteiger partial charge on any atom is -0.459 e. The first-order chi connectivity index (χ1) is 7.18. The predicted molar refractivity (Wildman–Crippen MR) is 61.9 cm³/mol. The molecule has 0 amide bonds. The quantitative estimate of drug-likeness (QED) is 0.531. The van der Waals surface area contributed by atoms with Gasteiger partial charge in [-0.1, -0.05) is 11.8 Å². The molecular weight excluding hydrogens is 230 g/mol. The Kier molecular flexibility index (Phi) is 4.23. The lowest BCUT2D eigenvalue weighted by atomic mass is 10.2. The van der Waals surface area contributed by atoms with E-state index in [2.05, 4.69) is 0 Å². The minimum absolute atomic E-state index is 0.0664. The molecule has 0 bridgehead atoms. The average Bonchev–Trinajstić information content (AvgIpc) is 1.96. The van der Waals surface area contributed by atoms with E-state index in [4.69, 9.17) is 4.74 Å². The van der Waals surface area contributed by atoms with Crippen molar-refractivity contribution < 1.29 is 19.7 Å². The molecule has 1 heterocycles. The Morgan fingerprint density at radius 1 is 1.50 bits per heavy atom. The van der Waals surface area contributed by atoms with Crippen molar-refractivity contribution in [3.63, 3.8) is 0 Å². The lowest BCUT2D eigenvalue weighted by molar-refractivity contribution is -0.158. The van der Waals surface area contributed by atoms with Crippen LogP contribution in [0.15, 0.2) is 0 Å². The summed E-state index contributed by atoms with van der Waals surface area (Å²) in [6.07, 6.45) is 0. The molecule has 0 aromatic rings. The van der Waals surface area contributed by atoms with Gasteiger partial charge in [-0.05, 0) is 20.8 Å². The molecule has 1 rings (SSSR count). The van der Waals surface area contributed by atoms with Gasteiger partial charge in [0.15, 0.2) is 0 Å². The molecule has 0 saturated carbocycles. The van der Waals surface area contributed by atoms with Crippen LogP contribution in [0.2, 0.25) is 0 Å². The van der Waals surface area contributed by atoms with E-state index in [0.717, 1.165) is 11.8 Å². The molecule has 1 fully saturated rings. The highest BCUT2D eigenvalue weighted by Gasteiger charge is 2.32. The van der Waals surface area contributed by atoms with Crippen LogP contribution in [0, 0.1) is 0 Å². The van der Waals surface area contributed by atoms with E-state index in [1.54, 1.807) is 25.7 Å². The molecule has 0 aliphatic carbocycles. The molecule has 1 aliphatic heterocycles. The molecule has 1 aliphatic rings. The van der Waals surface area contributed by atoms with Crippen LogP contribution in [0.4, 0.5) is 0 Å². The first-order valence-electron chi connectivity index (χ1n) is 5.21. The highest BCUT2D eigenvalue weighted by atomic mass is 32.2. The third-order valence-corrected chi connectivity index (χ3v) is 2.92. The second kappa shape index (κ2) is 4.91. The Morgan fingerprint density at radius 2 is 2.12 bits per heavy atom. The van der Waals surface area contributed by atoms with Gasteiger partial charge in [0.1, 0.15) is 5.60 Å². The Hall–Kier alpha value is -0.300. The smallest absolute Gasteiger partial charge is 0.320 e. The standard InChI is InChI=1S/C10H19NO4S/c1-9(2,3)15-8(12)6-11-4-5-16-10(13,14)7-11/h13-14H,4-7H2,1-3H3. The molecule has 6 heteroatoms. The van der Waals surface area contributed by atoms with Gasteiger partial charge in [-0.25, -0.2) is 0 Å². The van der Waals surface area contributed by atoms with Crippen molar-refractivity contribution in [1.29, 1.82) is 0 Å². The fourth-order valence-electron chi connectivity index (χ4n) is 1.45. The maximum absolute atomic E-state index is 11.5. The second-order valence-electron chi connectivity index (χ2n) is 4.89. The number of nitrogens with zero attached hydrogens (tertiary/aromatic N) is 1. The zero-order valence-corrected chi connectivity index (χ0v) is 10.7. The van der Waals surface area contributed by atoms with E-state index in [1.807, 2.05) is 0 Å². The van der Waals surface area contributed by atoms with Crippen molar-refractivity contribution in [3.05, 3.63) is 0 Å². The zero-order chi connectivity index (χ0) is 12.4. The van der Waals surface area contributed by atoms with Crippen LogP contribution in [0.1, 0.15) is 20.8 Å². The molecule has 0 aromatic carbocycles. The zero-order valence-electron chi connectivity index (χ0n) is 9.89. The van der Waals surface area contributed by atoms with Gasteiger partial charge < -0.3 is 14.9 Å². The van der Waals surface area contributed by atoms with E-state index in [0.29, 0.717) is 12.3 Å². The van der Waals surface area contributed by atoms with Gasteiger partial charge >= 0.3 is 5.97 Å². The normalized spacial score (nSPS) is 21.8. The summed E-state index contributed by atoms with van der Waals surface area (Å²) >= 11 is 1.08. The monoisotopic (exact) mass is 249 g/mol. The minimum atomic E-state index is -1.75. The molecule has 1 saturated heterocycles. The molecule has 0 spiro atoms. The first-order valence-corrected chi connectivity index (χ1v) is 6.19. The van der Waals surface area contributed by atoms with Crippen LogP contribution in [0.25, 0.3) is 0 Å². The summed E-state index contributed by atoms with van der Waals surface area (Å²) in [4.78, 5) is 13.2. The van der Waals surface area contributed by atoms with Gasteiger partial charge in [0.05, 0.1) is 13.1 Å². The van der Waals surface area contributed by atoms with E-state index in [9.17, 15) is 15.0 Å². The molecule has 94 valence electrons. The summed E-state index contributed by atoms with van der Waals surface area (Å²) in [5, 5.41) is 17.1. The summed E-state index contributed by atoms with van der Waals surface area (Å²) in [6.45, 7) is 6.24. The maximum Gasteiger partial charge on any atom is 0.320 e. The van der Waals surface area contributed by atoms with Crippen LogP contribution in [0.5, 0.6) is 0 Å². The van der Waals surface area contributed by atoms with Crippen molar-refractivity contribution in [3.8, 4) is 0 Å². The van der Waals surface area contributed by atoms with Gasteiger partial charge in [0.25, 0.3) is 0 Å². The summed E-state index contributed by atoms with van der Waals surface area (Å²) < 4.78 is 5.16. The number of aliphatic hydroxyl groups is 2. The summed E-state index contributed by atoms with van der Waals surface area (Å²) in [6, 6.07) is 0. The molecule has 0 radical (unpaired) electrons. The molecule has 5 nitrogen and oxygen atoms in total. The van der Waals surface area contributed by atoms with Crippen LogP contribution in [-0.4, -0.2) is 57.2 Å². The highest BCUT2D eigenvalue weighted by Crippen LogP contribution is 2.25. The van der Waals surface area contributed by atoms with Crippen LogP contribution >= 0.6 is 11.8 Å². The van der Waals surface area contributed by atoms with Crippen LogP contribution in [0.3, 0.4) is 0 Å². The van der Waals surface area contributed by atoms with Gasteiger partial charge in [0, 0.05) is 12.3 Å². The van der Waals surface area contributed by atoms with Crippen molar-refractivity contribution in [2.75, 3.05) is 25.4 Å². The number of rotatable bonds is 2. The van der Waals surface area contributed by atoms with Gasteiger partial charge in [-0.3, -0.25) is 9.69 Å². The van der Waals surface area contributed by atoms with E-state index in [-0.39, 0.29) is 19.1 Å². The number of hydrogen-bond donors (Lipinski definition) is 2. The lowest BCUT2D eigenvalue weighted by Gasteiger charge is -2.34. The Balaban J connectivity index is 2.40. The highest BCUT2D eigenvalue weighted by molar-refractivity contribution is 8.00. The first kappa shape index (κ1) is 13.8. The van der Waals surface area contributed by atoms with Crippen molar-refractivity contribution >= 4 is 17.7 Å². The molecule has 2 N–H and O–H groups in total. The summed E-state index contributed by atoms with van der Waals surface area (Å²) in [5.41, 5.74) is -0.503. The predicted octanol–water partition coefficient (Wildman–Crippen LogP) is 0.0153. The number of carbonyl (C=O) groups excluding carboxylic acids is 1. The Morgan fingerprint density at radius 3 is 2.62 bits per heavy atom. The topological polar surface area (TPSA) is 70.0 Å². The molecular formula is C10H19NO4S. The van der Waals surface area contributed by atoms with Crippen molar-refractivity contribution in [1.82, 2.24) is 4.90 Å². The number of esters is 1. The van der Waals surface area contributed by atoms with Gasteiger partial charge in [-0.15, -0.1) is 0 Å². The van der Waals surface area contributed by atoms with E-state index in [1.165, 1.54) is 0 Å². The second-order valence-corrected chi connectivity index (χ2v) is 6.24. The molecule has 16 heavy (non-hydrogen) atoms. The van der Waals surface area contributed by atoms with E-state index >= 15 is 0 Å². The van der Waals surface area contributed by atoms with Crippen molar-refractivity contribution in [2.24, 2.45) is 0 Å². The van der Waals surface area contributed by atoms with Gasteiger partial charge in [0.2, 0.25) is 5.12 Å². The van der Waals surface area contributed by atoms with Crippen LogP contribution in [-0.2, 0) is 9.53 Å². The number of hydrogen-bond acceptors (Lipinski definition) is 6. The van der Waals surface area contributed by atoms with E-state index < -0.39 is 10.7 Å².